The molecule has 0 aliphatic carbocycles. The molecule has 0 aliphatic rings. The molecular weight excluding hydrogens is 198 g/mol. The first-order chi connectivity index (χ1) is 7.51. The Hall–Kier alpha value is -1.02. The Morgan fingerprint density at radius 1 is 1.19 bits per heavy atom. The number of nitrogens with one attached hydrogen (secondary N) is 1. The lowest BCUT2D eigenvalue weighted by atomic mass is 10.1. The summed E-state index contributed by atoms with van der Waals surface area (Å²) in [5.41, 5.74) is 0.146. The Balaban J connectivity index is 2.44. The minimum atomic E-state index is 0.146. The third-order valence-corrected chi connectivity index (χ3v) is 2.36. The van der Waals surface area contributed by atoms with E-state index in [1.807, 2.05) is 30.3 Å². The molecule has 0 saturated heterocycles. The average molecular weight is 221 g/mol. The Kier molecular flexibility index (Phi) is 4.81. The highest BCUT2D eigenvalue weighted by Crippen LogP contribution is 2.12. The summed E-state index contributed by atoms with van der Waals surface area (Å²) in [6.07, 6.45) is 1.25. The monoisotopic (exact) mass is 221 g/mol. The quantitative estimate of drug-likeness (QED) is 0.824. The summed E-state index contributed by atoms with van der Waals surface area (Å²) in [6.45, 7) is 9.54. The normalized spacial score (nSPS) is 13.5. The molecule has 0 spiro atoms. The molecule has 0 bridgehead atoms. The van der Waals surface area contributed by atoms with Crippen LogP contribution < -0.4 is 10.1 Å². The van der Waals surface area contributed by atoms with Gasteiger partial charge in [0, 0.05) is 12.1 Å². The minimum Gasteiger partial charge on any atom is -0.489 e. The number of ether oxygens (including phenoxy) is 1. The van der Waals surface area contributed by atoms with Gasteiger partial charge in [0.25, 0.3) is 0 Å². The van der Waals surface area contributed by atoms with Crippen LogP contribution in [0.2, 0.25) is 0 Å². The fraction of sp³-hybridized carbons (Fsp3) is 0.571. The second kappa shape index (κ2) is 5.90. The van der Waals surface area contributed by atoms with Gasteiger partial charge in [-0.05, 0) is 39.3 Å². The molecule has 1 atom stereocenters. The maximum absolute atomic E-state index is 5.90. The molecule has 1 aromatic carbocycles. The summed E-state index contributed by atoms with van der Waals surface area (Å²) < 4.78 is 5.90. The van der Waals surface area contributed by atoms with E-state index >= 15 is 0 Å². The van der Waals surface area contributed by atoms with Gasteiger partial charge in [0.1, 0.15) is 11.9 Å². The summed E-state index contributed by atoms with van der Waals surface area (Å²) in [4.78, 5) is 0. The summed E-state index contributed by atoms with van der Waals surface area (Å²) in [7, 11) is 0. The van der Waals surface area contributed by atoms with E-state index in [9.17, 15) is 0 Å². The molecule has 0 aliphatic heterocycles. The predicted molar refractivity (Wildman–Crippen MR) is 68.9 cm³/mol. The largest absolute Gasteiger partial charge is 0.489 e. The summed E-state index contributed by atoms with van der Waals surface area (Å²) >= 11 is 0. The predicted octanol–water partition coefficient (Wildman–Crippen LogP) is 3.23. The fourth-order valence-electron chi connectivity index (χ4n) is 1.38. The van der Waals surface area contributed by atoms with Crippen LogP contribution in [0, 0.1) is 0 Å². The van der Waals surface area contributed by atoms with Gasteiger partial charge in [-0.2, -0.15) is 0 Å². The van der Waals surface area contributed by atoms with E-state index in [0.29, 0.717) is 0 Å². The maximum Gasteiger partial charge on any atom is 0.119 e. The number of hydrogen-bond donors (Lipinski definition) is 1. The van der Waals surface area contributed by atoms with Crippen LogP contribution in [0.3, 0.4) is 0 Å². The number of para-hydroxylation sites is 1. The van der Waals surface area contributed by atoms with Crippen LogP contribution in [0.5, 0.6) is 5.75 Å². The van der Waals surface area contributed by atoms with Crippen molar-refractivity contribution in [2.24, 2.45) is 0 Å². The lowest BCUT2D eigenvalue weighted by molar-refractivity contribution is 0.181. The molecule has 16 heavy (non-hydrogen) atoms. The number of hydrogen-bond acceptors (Lipinski definition) is 2. The van der Waals surface area contributed by atoms with Gasteiger partial charge < -0.3 is 10.1 Å². The summed E-state index contributed by atoms with van der Waals surface area (Å²) in [5, 5.41) is 3.47. The Morgan fingerprint density at radius 3 is 2.31 bits per heavy atom. The van der Waals surface area contributed by atoms with Crippen LogP contribution in [0.25, 0.3) is 0 Å². The lowest BCUT2D eigenvalue weighted by Crippen LogP contribution is -2.42. The number of benzene rings is 1. The highest BCUT2D eigenvalue weighted by molar-refractivity contribution is 5.21. The van der Waals surface area contributed by atoms with Crippen LogP contribution in [0.1, 0.15) is 34.1 Å². The molecule has 0 radical (unpaired) electrons. The zero-order valence-corrected chi connectivity index (χ0v) is 10.8. The van der Waals surface area contributed by atoms with Crippen molar-refractivity contribution < 1.29 is 4.74 Å². The van der Waals surface area contributed by atoms with Crippen molar-refractivity contribution in [3.05, 3.63) is 30.3 Å². The van der Waals surface area contributed by atoms with Crippen molar-refractivity contribution in [1.29, 1.82) is 0 Å². The van der Waals surface area contributed by atoms with Gasteiger partial charge in [0.15, 0.2) is 0 Å². The van der Waals surface area contributed by atoms with E-state index < -0.39 is 0 Å². The SMILES string of the molecule is CCC(CNC(C)(C)C)Oc1ccccc1. The molecule has 1 N–H and O–H groups in total. The van der Waals surface area contributed by atoms with Gasteiger partial charge >= 0.3 is 0 Å². The average Bonchev–Trinajstić information content (AvgIpc) is 2.24. The molecule has 0 amide bonds. The van der Waals surface area contributed by atoms with Gasteiger partial charge in [-0.1, -0.05) is 25.1 Å². The molecule has 1 rings (SSSR count). The standard InChI is InChI=1S/C14H23NO/c1-5-12(11-15-14(2,3)4)16-13-9-7-6-8-10-13/h6-10,12,15H,5,11H2,1-4H3. The van der Waals surface area contributed by atoms with Crippen LogP contribution in [-0.2, 0) is 0 Å². The minimum absolute atomic E-state index is 0.146. The first-order valence-corrected chi connectivity index (χ1v) is 5.98. The van der Waals surface area contributed by atoms with Crippen LogP contribution in [0.4, 0.5) is 0 Å². The first kappa shape index (κ1) is 13.0. The zero-order chi connectivity index (χ0) is 12.0. The van der Waals surface area contributed by atoms with Crippen molar-refractivity contribution in [2.75, 3.05) is 6.54 Å². The van der Waals surface area contributed by atoms with E-state index in [1.165, 1.54) is 0 Å². The topological polar surface area (TPSA) is 21.3 Å². The summed E-state index contributed by atoms with van der Waals surface area (Å²) in [6, 6.07) is 10.00. The van der Waals surface area contributed by atoms with Crippen LogP contribution in [-0.4, -0.2) is 18.2 Å². The van der Waals surface area contributed by atoms with Crippen LogP contribution in [0.15, 0.2) is 30.3 Å². The molecule has 0 heterocycles. The molecule has 2 heteroatoms. The van der Waals surface area contributed by atoms with Gasteiger partial charge in [0.05, 0.1) is 0 Å². The van der Waals surface area contributed by atoms with Crippen molar-refractivity contribution in [2.45, 2.75) is 45.8 Å². The fourth-order valence-corrected chi connectivity index (χ4v) is 1.38. The van der Waals surface area contributed by atoms with Gasteiger partial charge in [0.2, 0.25) is 0 Å². The highest BCUT2D eigenvalue weighted by atomic mass is 16.5. The molecule has 2 nitrogen and oxygen atoms in total. The van der Waals surface area contributed by atoms with Gasteiger partial charge in [-0.15, -0.1) is 0 Å². The highest BCUT2D eigenvalue weighted by Gasteiger charge is 2.13. The molecule has 0 saturated carbocycles. The molecule has 1 unspecified atom stereocenters. The molecule has 90 valence electrons. The van der Waals surface area contributed by atoms with Gasteiger partial charge in [-0.25, -0.2) is 0 Å². The second-order valence-electron chi connectivity index (χ2n) is 5.09. The molecule has 0 aromatic heterocycles. The van der Waals surface area contributed by atoms with E-state index in [0.717, 1.165) is 18.7 Å². The molecular formula is C14H23NO. The molecule has 0 fully saturated rings. The maximum atomic E-state index is 5.90. The van der Waals surface area contributed by atoms with E-state index in [2.05, 4.69) is 33.0 Å². The third kappa shape index (κ3) is 5.17. The van der Waals surface area contributed by atoms with Gasteiger partial charge in [-0.3, -0.25) is 0 Å². The van der Waals surface area contributed by atoms with E-state index in [1.54, 1.807) is 0 Å². The summed E-state index contributed by atoms with van der Waals surface area (Å²) in [5.74, 6) is 0.949. The third-order valence-electron chi connectivity index (χ3n) is 2.36. The smallest absolute Gasteiger partial charge is 0.119 e. The lowest BCUT2D eigenvalue weighted by Gasteiger charge is -2.25. The second-order valence-corrected chi connectivity index (χ2v) is 5.09. The van der Waals surface area contributed by atoms with Crippen molar-refractivity contribution >= 4 is 0 Å². The van der Waals surface area contributed by atoms with Crippen LogP contribution >= 0.6 is 0 Å². The van der Waals surface area contributed by atoms with Crippen molar-refractivity contribution in [1.82, 2.24) is 5.32 Å². The van der Waals surface area contributed by atoms with Crippen molar-refractivity contribution in [3.63, 3.8) is 0 Å². The first-order valence-electron chi connectivity index (χ1n) is 5.98. The zero-order valence-electron chi connectivity index (χ0n) is 10.8. The number of rotatable bonds is 5. The van der Waals surface area contributed by atoms with E-state index in [4.69, 9.17) is 4.74 Å². The van der Waals surface area contributed by atoms with E-state index in [-0.39, 0.29) is 11.6 Å². The molecule has 1 aromatic rings. The Bertz CT molecular complexity index is 289. The van der Waals surface area contributed by atoms with Crippen molar-refractivity contribution in [3.8, 4) is 5.75 Å². The Labute approximate surface area is 99.0 Å². The Morgan fingerprint density at radius 2 is 1.81 bits per heavy atom.